The Kier molecular flexibility index (Phi) is 6.66. The molecule has 140 valence electrons. The summed E-state index contributed by atoms with van der Waals surface area (Å²) in [5.41, 5.74) is 1.92. The highest BCUT2D eigenvalue weighted by atomic mass is 16.5. The maximum absolute atomic E-state index is 12.1. The van der Waals surface area contributed by atoms with Gasteiger partial charge in [0.1, 0.15) is 23.8 Å². The van der Waals surface area contributed by atoms with Crippen molar-refractivity contribution in [3.63, 3.8) is 0 Å². The number of benzene rings is 1. The van der Waals surface area contributed by atoms with Crippen molar-refractivity contribution in [2.75, 3.05) is 13.1 Å². The van der Waals surface area contributed by atoms with Crippen molar-refractivity contribution >= 4 is 5.91 Å². The van der Waals surface area contributed by atoms with E-state index in [0.717, 1.165) is 43.8 Å². The minimum atomic E-state index is 0.0246. The number of hydrogen-bond acceptors (Lipinski definition) is 5. The highest BCUT2D eigenvalue weighted by molar-refractivity contribution is 5.76. The Labute approximate surface area is 154 Å². The van der Waals surface area contributed by atoms with Gasteiger partial charge in [0.25, 0.3) is 0 Å². The molecule has 0 aliphatic carbocycles. The van der Waals surface area contributed by atoms with E-state index in [2.05, 4.69) is 28.4 Å². The van der Waals surface area contributed by atoms with Gasteiger partial charge in [-0.2, -0.15) is 0 Å². The van der Waals surface area contributed by atoms with Crippen LogP contribution in [0.15, 0.2) is 41.1 Å². The van der Waals surface area contributed by atoms with Crippen molar-refractivity contribution < 1.29 is 14.1 Å². The average molecular weight is 357 g/mol. The molecular weight excluding hydrogens is 330 g/mol. The van der Waals surface area contributed by atoms with Gasteiger partial charge in [-0.15, -0.1) is 0 Å². The lowest BCUT2D eigenvalue weighted by Crippen LogP contribution is -2.35. The van der Waals surface area contributed by atoms with Crippen LogP contribution in [-0.4, -0.2) is 35.2 Å². The third-order valence-electron chi connectivity index (χ3n) is 4.61. The highest BCUT2D eigenvalue weighted by Crippen LogP contribution is 2.26. The summed E-state index contributed by atoms with van der Waals surface area (Å²) < 4.78 is 11.0. The van der Waals surface area contributed by atoms with Gasteiger partial charge < -0.3 is 14.6 Å². The predicted molar refractivity (Wildman–Crippen MR) is 98.6 cm³/mol. The summed E-state index contributed by atoms with van der Waals surface area (Å²) in [6, 6.07) is 9.96. The van der Waals surface area contributed by atoms with Crippen LogP contribution in [0.1, 0.15) is 43.9 Å². The van der Waals surface area contributed by atoms with Crippen LogP contribution in [0.25, 0.3) is 0 Å². The second-order valence-electron chi connectivity index (χ2n) is 6.74. The molecule has 2 heterocycles. The van der Waals surface area contributed by atoms with Crippen LogP contribution in [0.3, 0.4) is 0 Å². The first-order valence-corrected chi connectivity index (χ1v) is 9.37. The van der Waals surface area contributed by atoms with E-state index in [1.807, 2.05) is 18.2 Å². The molecule has 0 spiro atoms. The number of aromatic nitrogens is 1. The fourth-order valence-electron chi connectivity index (χ4n) is 3.18. The third kappa shape index (κ3) is 5.33. The largest absolute Gasteiger partial charge is 0.489 e. The maximum Gasteiger partial charge on any atom is 0.221 e. The minimum absolute atomic E-state index is 0.0246. The van der Waals surface area contributed by atoms with Crippen LogP contribution < -0.4 is 10.1 Å². The Bertz CT molecular complexity index is 687. The summed E-state index contributed by atoms with van der Waals surface area (Å²) in [6.07, 6.45) is 5.49. The number of para-hydroxylation sites is 1. The van der Waals surface area contributed by atoms with Crippen molar-refractivity contribution in [1.29, 1.82) is 0 Å². The molecule has 0 fully saturated rings. The summed E-state index contributed by atoms with van der Waals surface area (Å²) >= 11 is 0. The molecule has 1 unspecified atom stereocenters. The smallest absolute Gasteiger partial charge is 0.221 e. The zero-order chi connectivity index (χ0) is 18.2. The fraction of sp³-hybridized carbons (Fsp3) is 0.500. The Morgan fingerprint density at radius 2 is 2.23 bits per heavy atom. The molecule has 26 heavy (non-hydrogen) atoms. The Morgan fingerprint density at radius 3 is 3.04 bits per heavy atom. The average Bonchev–Trinajstić information content (AvgIpc) is 3.10. The SMILES string of the molecule is CCCCC1CN(CCC(=O)NCc2ccon2)Cc2ccccc2O1. The molecular formula is C20H27N3O3. The molecule has 1 atom stereocenters. The van der Waals surface area contributed by atoms with Crippen LogP contribution in [-0.2, 0) is 17.9 Å². The summed E-state index contributed by atoms with van der Waals surface area (Å²) in [7, 11) is 0. The van der Waals surface area contributed by atoms with Crippen molar-refractivity contribution in [2.45, 2.75) is 51.8 Å². The molecule has 6 nitrogen and oxygen atoms in total. The summed E-state index contributed by atoms with van der Waals surface area (Å²) in [6.45, 7) is 4.98. The number of hydrogen-bond donors (Lipinski definition) is 1. The summed E-state index contributed by atoms with van der Waals surface area (Å²) in [5.74, 6) is 1.00. The number of rotatable bonds is 8. The van der Waals surface area contributed by atoms with Crippen molar-refractivity contribution in [3.05, 3.63) is 47.9 Å². The quantitative estimate of drug-likeness (QED) is 0.786. The topological polar surface area (TPSA) is 67.6 Å². The van der Waals surface area contributed by atoms with E-state index in [9.17, 15) is 4.79 Å². The van der Waals surface area contributed by atoms with E-state index < -0.39 is 0 Å². The first-order chi connectivity index (χ1) is 12.7. The number of carbonyl (C=O) groups excluding carboxylic acids is 1. The van der Waals surface area contributed by atoms with Crippen LogP contribution >= 0.6 is 0 Å². The van der Waals surface area contributed by atoms with Crippen LogP contribution in [0.2, 0.25) is 0 Å². The second-order valence-corrected chi connectivity index (χ2v) is 6.74. The molecule has 1 aromatic carbocycles. The molecule has 1 aliphatic heterocycles. The first-order valence-electron chi connectivity index (χ1n) is 9.37. The van der Waals surface area contributed by atoms with Crippen molar-refractivity contribution in [3.8, 4) is 5.75 Å². The maximum atomic E-state index is 12.1. The molecule has 0 saturated carbocycles. The minimum Gasteiger partial charge on any atom is -0.489 e. The number of carbonyl (C=O) groups is 1. The van der Waals surface area contributed by atoms with Gasteiger partial charge in [-0.25, -0.2) is 0 Å². The predicted octanol–water partition coefficient (Wildman–Crippen LogP) is 3.13. The fourth-order valence-corrected chi connectivity index (χ4v) is 3.18. The normalized spacial score (nSPS) is 17.2. The Hall–Kier alpha value is -2.34. The van der Waals surface area contributed by atoms with Crippen molar-refractivity contribution in [2.24, 2.45) is 0 Å². The second kappa shape index (κ2) is 9.38. The number of fused-ring (bicyclic) bond motifs is 1. The van der Waals surface area contributed by atoms with Gasteiger partial charge >= 0.3 is 0 Å². The number of nitrogens with zero attached hydrogens (tertiary/aromatic N) is 2. The van der Waals surface area contributed by atoms with Crippen molar-refractivity contribution in [1.82, 2.24) is 15.4 Å². The Morgan fingerprint density at radius 1 is 1.35 bits per heavy atom. The van der Waals surface area contributed by atoms with Gasteiger partial charge in [-0.1, -0.05) is 36.7 Å². The highest BCUT2D eigenvalue weighted by Gasteiger charge is 2.22. The van der Waals surface area contributed by atoms with Gasteiger partial charge in [0.05, 0.1) is 6.54 Å². The van der Waals surface area contributed by atoms with E-state index in [1.165, 1.54) is 11.8 Å². The molecule has 1 aliphatic rings. The van der Waals surface area contributed by atoms with Crippen LogP contribution in [0.5, 0.6) is 5.75 Å². The van der Waals surface area contributed by atoms with Crippen LogP contribution in [0.4, 0.5) is 0 Å². The number of amides is 1. The molecule has 1 N–H and O–H groups in total. The van der Waals surface area contributed by atoms with E-state index >= 15 is 0 Å². The molecule has 0 radical (unpaired) electrons. The van der Waals surface area contributed by atoms with Gasteiger partial charge in [0.15, 0.2) is 0 Å². The van der Waals surface area contributed by atoms with Gasteiger partial charge in [0.2, 0.25) is 5.91 Å². The van der Waals surface area contributed by atoms with Gasteiger partial charge in [-0.05, 0) is 18.9 Å². The van der Waals surface area contributed by atoms with E-state index in [4.69, 9.17) is 9.26 Å². The first kappa shape index (κ1) is 18.5. The Balaban J connectivity index is 1.54. The lowest BCUT2D eigenvalue weighted by molar-refractivity contribution is -0.121. The summed E-state index contributed by atoms with van der Waals surface area (Å²) in [5, 5.41) is 6.68. The molecule has 0 saturated heterocycles. The molecule has 0 bridgehead atoms. The standard InChI is InChI=1S/C20H27N3O3/c1-2-3-7-18-15-23(14-16-6-4-5-8-19(16)26-18)11-9-20(24)21-13-17-10-12-25-22-17/h4-6,8,10,12,18H,2-3,7,9,11,13-15H2,1H3,(H,21,24). The molecule has 1 aromatic heterocycles. The number of unbranched alkanes of at least 4 members (excludes halogenated alkanes) is 1. The van der Waals surface area contributed by atoms with E-state index in [1.54, 1.807) is 6.07 Å². The lowest BCUT2D eigenvalue weighted by Gasteiger charge is -2.23. The van der Waals surface area contributed by atoms with Gasteiger partial charge in [0, 0.05) is 37.7 Å². The molecule has 1 amide bonds. The number of nitrogens with one attached hydrogen (secondary N) is 1. The third-order valence-corrected chi connectivity index (χ3v) is 4.61. The monoisotopic (exact) mass is 357 g/mol. The molecule has 3 rings (SSSR count). The van der Waals surface area contributed by atoms with E-state index in [0.29, 0.717) is 19.5 Å². The zero-order valence-electron chi connectivity index (χ0n) is 15.3. The number of ether oxygens (including phenoxy) is 1. The lowest BCUT2D eigenvalue weighted by atomic mass is 10.1. The van der Waals surface area contributed by atoms with Gasteiger partial charge in [-0.3, -0.25) is 9.69 Å². The summed E-state index contributed by atoms with van der Waals surface area (Å²) in [4.78, 5) is 14.5. The molecule has 6 heteroatoms. The van der Waals surface area contributed by atoms with Crippen LogP contribution in [0, 0.1) is 0 Å². The van der Waals surface area contributed by atoms with E-state index in [-0.39, 0.29) is 12.0 Å². The molecule has 2 aromatic rings. The zero-order valence-corrected chi connectivity index (χ0v) is 15.3.